The Balaban J connectivity index is 1.93. The Morgan fingerprint density at radius 2 is 1.03 bits per heavy atom. The first kappa shape index (κ1) is 18.1. The number of rotatable bonds is 3. The van der Waals surface area contributed by atoms with E-state index in [0.717, 1.165) is 27.1 Å². The van der Waals surface area contributed by atoms with Gasteiger partial charge < -0.3 is 15.3 Å². The highest BCUT2D eigenvalue weighted by atomic mass is 16.3. The van der Waals surface area contributed by atoms with Crippen molar-refractivity contribution in [3.63, 3.8) is 0 Å². The number of fused-ring (bicyclic) bond motifs is 2. The van der Waals surface area contributed by atoms with Gasteiger partial charge in [0.25, 0.3) is 0 Å². The van der Waals surface area contributed by atoms with Crippen LogP contribution >= 0.6 is 0 Å². The fourth-order valence-electron chi connectivity index (χ4n) is 4.36. The number of benzene rings is 5. The molecular formula is C27H20O3. The molecule has 146 valence electrons. The summed E-state index contributed by atoms with van der Waals surface area (Å²) in [5.41, 5.74) is 2.18. The summed E-state index contributed by atoms with van der Waals surface area (Å²) in [5.74, 6) is -0.0463. The van der Waals surface area contributed by atoms with Gasteiger partial charge in [-0.1, -0.05) is 72.8 Å². The van der Waals surface area contributed by atoms with Crippen LogP contribution in [-0.4, -0.2) is 15.3 Å². The molecule has 0 fully saturated rings. The lowest BCUT2D eigenvalue weighted by Crippen LogP contribution is -2.06. The molecule has 3 heteroatoms. The summed E-state index contributed by atoms with van der Waals surface area (Å²) in [5, 5.41) is 36.0. The van der Waals surface area contributed by atoms with E-state index in [1.165, 1.54) is 0 Å². The summed E-state index contributed by atoms with van der Waals surface area (Å²) in [6, 6.07) is 29.9. The molecule has 0 aliphatic heterocycles. The third-order valence-electron chi connectivity index (χ3n) is 5.68. The highest BCUT2D eigenvalue weighted by Crippen LogP contribution is 2.46. The summed E-state index contributed by atoms with van der Waals surface area (Å²) in [7, 11) is 0. The van der Waals surface area contributed by atoms with Gasteiger partial charge in [-0.2, -0.15) is 0 Å². The molecule has 0 bridgehead atoms. The van der Waals surface area contributed by atoms with Crippen molar-refractivity contribution >= 4 is 21.5 Å². The van der Waals surface area contributed by atoms with E-state index in [1.807, 2.05) is 66.7 Å². The van der Waals surface area contributed by atoms with Crippen molar-refractivity contribution < 1.29 is 15.3 Å². The van der Waals surface area contributed by atoms with Crippen LogP contribution in [0.4, 0.5) is 0 Å². The SMILES string of the molecule is Oc1cccc(C(c2c(O)ccc3ccccc23)c2c(O)ccc3ccccc23)c1. The van der Waals surface area contributed by atoms with Crippen molar-refractivity contribution in [3.05, 3.63) is 114 Å². The number of phenolic OH excluding ortho intramolecular Hbond substituents is 3. The van der Waals surface area contributed by atoms with E-state index in [4.69, 9.17) is 0 Å². The minimum Gasteiger partial charge on any atom is -0.508 e. The topological polar surface area (TPSA) is 60.7 Å². The average Bonchev–Trinajstić information content (AvgIpc) is 2.77. The van der Waals surface area contributed by atoms with Crippen LogP contribution in [0.25, 0.3) is 21.5 Å². The maximum absolute atomic E-state index is 11.0. The molecule has 0 atom stereocenters. The second kappa shape index (κ2) is 7.12. The average molecular weight is 392 g/mol. The molecule has 0 aliphatic carbocycles. The molecule has 5 rings (SSSR count). The van der Waals surface area contributed by atoms with Gasteiger partial charge in [0.1, 0.15) is 17.2 Å². The predicted molar refractivity (Wildman–Crippen MR) is 120 cm³/mol. The normalized spacial score (nSPS) is 11.4. The number of hydrogen-bond acceptors (Lipinski definition) is 3. The molecule has 0 heterocycles. The Morgan fingerprint density at radius 3 is 1.57 bits per heavy atom. The third-order valence-corrected chi connectivity index (χ3v) is 5.68. The largest absolute Gasteiger partial charge is 0.508 e. The van der Waals surface area contributed by atoms with Crippen LogP contribution in [0.2, 0.25) is 0 Å². The second-order valence-corrected chi connectivity index (χ2v) is 7.47. The molecule has 30 heavy (non-hydrogen) atoms. The Labute approximate surface area is 174 Å². The maximum atomic E-state index is 11.0. The fourth-order valence-corrected chi connectivity index (χ4v) is 4.36. The molecule has 3 N–H and O–H groups in total. The zero-order valence-corrected chi connectivity index (χ0v) is 16.2. The third kappa shape index (κ3) is 2.92. The van der Waals surface area contributed by atoms with Gasteiger partial charge >= 0.3 is 0 Å². The summed E-state index contributed by atoms with van der Waals surface area (Å²) < 4.78 is 0. The number of hydrogen-bond donors (Lipinski definition) is 3. The molecule has 0 aromatic heterocycles. The van der Waals surface area contributed by atoms with Crippen LogP contribution in [0.5, 0.6) is 17.2 Å². The quantitative estimate of drug-likeness (QED) is 0.316. The lowest BCUT2D eigenvalue weighted by Gasteiger charge is -2.24. The Morgan fingerprint density at radius 1 is 0.500 bits per heavy atom. The smallest absolute Gasteiger partial charge is 0.120 e. The van der Waals surface area contributed by atoms with Crippen molar-refractivity contribution in [2.24, 2.45) is 0 Å². The highest BCUT2D eigenvalue weighted by molar-refractivity contribution is 5.93. The minimum atomic E-state index is -0.478. The zero-order valence-electron chi connectivity index (χ0n) is 16.2. The van der Waals surface area contributed by atoms with Crippen LogP contribution in [0.3, 0.4) is 0 Å². The Kier molecular flexibility index (Phi) is 4.29. The highest BCUT2D eigenvalue weighted by Gasteiger charge is 2.27. The minimum absolute atomic E-state index is 0.136. The van der Waals surface area contributed by atoms with Gasteiger partial charge in [0.05, 0.1) is 0 Å². The maximum Gasteiger partial charge on any atom is 0.120 e. The molecule has 0 amide bonds. The van der Waals surface area contributed by atoms with E-state index in [1.54, 1.807) is 30.3 Å². The summed E-state index contributed by atoms with van der Waals surface area (Å²) in [4.78, 5) is 0. The van der Waals surface area contributed by atoms with Crippen molar-refractivity contribution in [3.8, 4) is 17.2 Å². The Bertz CT molecular complexity index is 1300. The van der Waals surface area contributed by atoms with Gasteiger partial charge in [-0.3, -0.25) is 0 Å². The molecular weight excluding hydrogens is 372 g/mol. The van der Waals surface area contributed by atoms with Crippen LogP contribution in [0.1, 0.15) is 22.6 Å². The molecule has 0 saturated carbocycles. The van der Waals surface area contributed by atoms with E-state index < -0.39 is 5.92 Å². The lowest BCUT2D eigenvalue weighted by atomic mass is 9.80. The zero-order chi connectivity index (χ0) is 20.7. The summed E-state index contributed by atoms with van der Waals surface area (Å²) in [6.07, 6.45) is 0. The van der Waals surface area contributed by atoms with E-state index in [9.17, 15) is 15.3 Å². The number of phenols is 3. The molecule has 0 saturated heterocycles. The first-order valence-electron chi connectivity index (χ1n) is 9.83. The molecule has 0 unspecified atom stereocenters. The second-order valence-electron chi connectivity index (χ2n) is 7.47. The van der Waals surface area contributed by atoms with Gasteiger partial charge in [-0.15, -0.1) is 0 Å². The first-order valence-corrected chi connectivity index (χ1v) is 9.83. The monoisotopic (exact) mass is 392 g/mol. The first-order chi connectivity index (χ1) is 14.6. The van der Waals surface area contributed by atoms with Crippen molar-refractivity contribution in [2.45, 2.75) is 5.92 Å². The molecule has 5 aromatic carbocycles. The van der Waals surface area contributed by atoms with Gasteiger partial charge in [0, 0.05) is 17.0 Å². The molecule has 0 radical (unpaired) electrons. The van der Waals surface area contributed by atoms with E-state index in [2.05, 4.69) is 0 Å². The summed E-state index contributed by atoms with van der Waals surface area (Å²) >= 11 is 0. The fraction of sp³-hybridized carbons (Fsp3) is 0.0370. The van der Waals surface area contributed by atoms with Gasteiger partial charge in [-0.25, -0.2) is 0 Å². The Hall–Kier alpha value is -3.98. The van der Waals surface area contributed by atoms with Gasteiger partial charge in [0.2, 0.25) is 0 Å². The van der Waals surface area contributed by atoms with E-state index in [0.29, 0.717) is 11.1 Å². The van der Waals surface area contributed by atoms with Gasteiger partial charge in [0.15, 0.2) is 0 Å². The van der Waals surface area contributed by atoms with E-state index in [-0.39, 0.29) is 17.2 Å². The van der Waals surface area contributed by atoms with Gasteiger partial charge in [-0.05, 0) is 51.4 Å². The van der Waals surface area contributed by atoms with Crippen LogP contribution in [0, 0.1) is 0 Å². The van der Waals surface area contributed by atoms with Crippen LogP contribution < -0.4 is 0 Å². The molecule has 0 aliphatic rings. The van der Waals surface area contributed by atoms with Crippen LogP contribution in [-0.2, 0) is 0 Å². The molecule has 0 spiro atoms. The van der Waals surface area contributed by atoms with Crippen molar-refractivity contribution in [1.29, 1.82) is 0 Å². The molecule has 5 aromatic rings. The van der Waals surface area contributed by atoms with E-state index >= 15 is 0 Å². The molecule has 3 nitrogen and oxygen atoms in total. The standard InChI is InChI=1S/C27H20O3/c28-20-9-5-8-19(16-20)25(26-21-10-3-1-6-17(21)12-14-23(26)29)27-22-11-4-2-7-18(22)13-15-24(27)30/h1-16,25,28-30H. The van der Waals surface area contributed by atoms with Crippen LogP contribution in [0.15, 0.2) is 97.1 Å². The number of aromatic hydroxyl groups is 3. The summed E-state index contributed by atoms with van der Waals surface area (Å²) in [6.45, 7) is 0. The predicted octanol–water partition coefficient (Wildman–Crippen LogP) is 6.29. The van der Waals surface area contributed by atoms with Crippen molar-refractivity contribution in [2.75, 3.05) is 0 Å². The van der Waals surface area contributed by atoms with Crippen molar-refractivity contribution in [1.82, 2.24) is 0 Å². The lowest BCUT2D eigenvalue weighted by molar-refractivity contribution is 0.459.